The van der Waals surface area contributed by atoms with Gasteiger partial charge in [0.05, 0.1) is 32.0 Å². The zero-order valence-corrected chi connectivity index (χ0v) is 29.4. The molecule has 0 radical (unpaired) electrons. The Morgan fingerprint density at radius 3 is 2.30 bits per heavy atom. The first kappa shape index (κ1) is 39.2. The van der Waals surface area contributed by atoms with Crippen LogP contribution in [0.4, 0.5) is 4.79 Å². The van der Waals surface area contributed by atoms with Gasteiger partial charge >= 0.3 is 13.9 Å². The fourth-order valence-electron chi connectivity index (χ4n) is 6.20. The van der Waals surface area contributed by atoms with Crippen molar-refractivity contribution >= 4 is 25.6 Å². The summed E-state index contributed by atoms with van der Waals surface area (Å²) in [4.78, 5) is 48.9. The number of aliphatic hydroxyl groups excluding tert-OH is 2. The Morgan fingerprint density at radius 1 is 0.880 bits per heavy atom. The second kappa shape index (κ2) is 20.3. The first-order valence-corrected chi connectivity index (χ1v) is 19.0. The molecule has 4 rings (SSSR count). The fraction of sp³-hybridized carbons (Fsp3) is 0.541. The van der Waals surface area contributed by atoms with E-state index in [9.17, 15) is 28.9 Å². The SMILES string of the molecule is O=C(CCCCCCC(=O)N1C[C@H](O)C[C@H]1COP(=O)(O)OCCO)CCCCCNC(=O)OC1Cc2ccccc2C#Cc2ccccc21. The number of amides is 2. The highest BCUT2D eigenvalue weighted by Gasteiger charge is 2.36. The summed E-state index contributed by atoms with van der Waals surface area (Å²) in [5.41, 5.74) is 3.71. The fourth-order valence-corrected chi connectivity index (χ4v) is 6.94. The highest BCUT2D eigenvalue weighted by molar-refractivity contribution is 7.47. The lowest BCUT2D eigenvalue weighted by Gasteiger charge is -2.25. The van der Waals surface area contributed by atoms with Crippen LogP contribution in [0.2, 0.25) is 0 Å². The molecule has 1 aliphatic carbocycles. The van der Waals surface area contributed by atoms with Crippen LogP contribution in [0.5, 0.6) is 0 Å². The monoisotopic (exact) mass is 712 g/mol. The molecule has 1 fully saturated rings. The number of likely N-dealkylation sites (tertiary alicyclic amines) is 1. The lowest BCUT2D eigenvalue weighted by Crippen LogP contribution is -2.38. The Bertz CT molecular complexity index is 1540. The third-order valence-corrected chi connectivity index (χ3v) is 9.78. The maximum absolute atomic E-state index is 12.7. The second-order valence-electron chi connectivity index (χ2n) is 12.7. The van der Waals surface area contributed by atoms with Crippen molar-refractivity contribution in [3.63, 3.8) is 0 Å². The number of benzene rings is 2. The number of alkyl carbamates (subject to hydrolysis) is 1. The molecular formula is C37H49N2O10P. The number of ketones is 1. The quantitative estimate of drug-likeness (QED) is 0.0835. The van der Waals surface area contributed by atoms with Gasteiger partial charge in [0, 0.05) is 55.5 Å². The van der Waals surface area contributed by atoms with Gasteiger partial charge in [-0.3, -0.25) is 18.6 Å². The number of phosphoric ester groups is 1. The van der Waals surface area contributed by atoms with Crippen molar-refractivity contribution < 1.29 is 47.8 Å². The van der Waals surface area contributed by atoms with E-state index >= 15 is 0 Å². The van der Waals surface area contributed by atoms with Crippen LogP contribution in [0.1, 0.15) is 99.0 Å². The Labute approximate surface area is 294 Å². The summed E-state index contributed by atoms with van der Waals surface area (Å²) < 4.78 is 27.3. The number of β-amino-alcohol motifs (C(OH)–C–C–N with tert-alkyl or cyclic N) is 1. The van der Waals surface area contributed by atoms with Crippen molar-refractivity contribution in [2.24, 2.45) is 0 Å². The minimum absolute atomic E-state index is 0.135. The predicted octanol–water partition coefficient (Wildman–Crippen LogP) is 4.97. The largest absolute Gasteiger partial charge is 0.472 e. The number of carbonyl (C=O) groups is 3. The van der Waals surface area contributed by atoms with Crippen LogP contribution in [0.3, 0.4) is 0 Å². The van der Waals surface area contributed by atoms with E-state index in [0.717, 1.165) is 60.8 Å². The Hall–Kier alpha value is -3.56. The van der Waals surface area contributed by atoms with Gasteiger partial charge in [-0.05, 0) is 49.8 Å². The molecule has 1 heterocycles. The summed E-state index contributed by atoms with van der Waals surface area (Å²) in [6.45, 7) is -0.441. The summed E-state index contributed by atoms with van der Waals surface area (Å²) in [5.74, 6) is 6.49. The molecule has 2 aromatic carbocycles. The van der Waals surface area contributed by atoms with Gasteiger partial charge in [0.1, 0.15) is 11.9 Å². The molecule has 0 saturated carbocycles. The number of Topliss-reactive ketones (excluding diaryl/α,β-unsaturated/α-hetero) is 1. The Kier molecular flexibility index (Phi) is 16.0. The first-order valence-electron chi connectivity index (χ1n) is 17.5. The van der Waals surface area contributed by atoms with Gasteiger partial charge in [-0.15, -0.1) is 0 Å². The molecule has 4 atom stereocenters. The number of ether oxygens (including phenoxy) is 1. The maximum atomic E-state index is 12.7. The number of aliphatic hydroxyl groups is 2. The average molecular weight is 713 g/mol. The van der Waals surface area contributed by atoms with Gasteiger partial charge in [0.25, 0.3) is 0 Å². The zero-order valence-electron chi connectivity index (χ0n) is 28.5. The van der Waals surface area contributed by atoms with Gasteiger partial charge in [-0.2, -0.15) is 0 Å². The van der Waals surface area contributed by atoms with Crippen molar-refractivity contribution in [1.29, 1.82) is 0 Å². The van der Waals surface area contributed by atoms with E-state index in [1.165, 1.54) is 4.90 Å². The number of nitrogens with one attached hydrogen (secondary N) is 1. The van der Waals surface area contributed by atoms with Crippen molar-refractivity contribution in [2.45, 2.75) is 95.3 Å². The van der Waals surface area contributed by atoms with Crippen molar-refractivity contribution in [1.82, 2.24) is 10.2 Å². The van der Waals surface area contributed by atoms with E-state index in [4.69, 9.17) is 14.4 Å². The summed E-state index contributed by atoms with van der Waals surface area (Å²) in [5, 5.41) is 21.6. The van der Waals surface area contributed by atoms with Crippen LogP contribution in [0.15, 0.2) is 48.5 Å². The van der Waals surface area contributed by atoms with Gasteiger partial charge in [-0.1, -0.05) is 67.5 Å². The molecule has 0 aromatic heterocycles. The molecule has 0 spiro atoms. The lowest BCUT2D eigenvalue weighted by atomic mass is 9.92. The topological polar surface area (TPSA) is 172 Å². The molecule has 4 N–H and O–H groups in total. The van der Waals surface area contributed by atoms with E-state index in [1.807, 2.05) is 48.5 Å². The minimum Gasteiger partial charge on any atom is -0.441 e. The van der Waals surface area contributed by atoms with Crippen LogP contribution in [0.25, 0.3) is 0 Å². The number of hydrogen-bond donors (Lipinski definition) is 4. The second-order valence-corrected chi connectivity index (χ2v) is 14.1. The van der Waals surface area contributed by atoms with Gasteiger partial charge in [0.15, 0.2) is 0 Å². The molecule has 2 unspecified atom stereocenters. The van der Waals surface area contributed by atoms with E-state index in [-0.39, 0.29) is 44.3 Å². The van der Waals surface area contributed by atoms with Gasteiger partial charge < -0.3 is 30.1 Å². The lowest BCUT2D eigenvalue weighted by molar-refractivity contribution is -0.133. The van der Waals surface area contributed by atoms with Crippen LogP contribution >= 0.6 is 7.82 Å². The highest BCUT2D eigenvalue weighted by Crippen LogP contribution is 2.43. The molecule has 2 aromatic rings. The summed E-state index contributed by atoms with van der Waals surface area (Å²) in [7, 11) is -4.35. The van der Waals surface area contributed by atoms with Crippen molar-refractivity contribution in [2.75, 3.05) is 32.9 Å². The van der Waals surface area contributed by atoms with E-state index in [2.05, 4.69) is 21.7 Å². The van der Waals surface area contributed by atoms with Crippen LogP contribution in [0, 0.1) is 11.8 Å². The number of rotatable bonds is 20. The number of carbonyl (C=O) groups excluding carboxylic acids is 3. The third-order valence-electron chi connectivity index (χ3n) is 8.80. The average Bonchev–Trinajstić information content (AvgIpc) is 3.48. The van der Waals surface area contributed by atoms with Crippen LogP contribution in [-0.4, -0.2) is 82.8 Å². The Balaban J connectivity index is 1.04. The summed E-state index contributed by atoms with van der Waals surface area (Å²) in [6, 6.07) is 15.1. The molecule has 13 heteroatoms. The summed E-state index contributed by atoms with van der Waals surface area (Å²) >= 11 is 0. The van der Waals surface area contributed by atoms with Gasteiger partial charge in [-0.25, -0.2) is 9.36 Å². The smallest absolute Gasteiger partial charge is 0.441 e. The molecule has 272 valence electrons. The molecule has 50 heavy (non-hydrogen) atoms. The molecule has 2 aliphatic rings. The molecule has 2 amide bonds. The van der Waals surface area contributed by atoms with E-state index in [1.54, 1.807) is 0 Å². The number of unbranched alkanes of at least 4 members (excludes halogenated alkanes) is 5. The molecular weight excluding hydrogens is 663 g/mol. The first-order chi connectivity index (χ1) is 24.1. The highest BCUT2D eigenvalue weighted by atomic mass is 31.2. The van der Waals surface area contributed by atoms with E-state index < -0.39 is 38.8 Å². The third kappa shape index (κ3) is 13.0. The number of phosphoric acid groups is 1. The molecule has 1 aliphatic heterocycles. The summed E-state index contributed by atoms with van der Waals surface area (Å²) in [6.07, 6.45) is 5.66. The maximum Gasteiger partial charge on any atom is 0.472 e. The van der Waals surface area contributed by atoms with Crippen LogP contribution in [-0.2, 0) is 34.4 Å². The number of nitrogens with zero attached hydrogens (tertiary/aromatic N) is 1. The molecule has 1 saturated heterocycles. The van der Waals surface area contributed by atoms with Crippen LogP contribution < -0.4 is 5.32 Å². The standard InChI is InChI=1S/C37H49N2O10P/c40-22-23-47-50(45,46)48-27-31-25-33(42)26-39(31)36(43)18-6-2-1-4-15-32(41)16-5-3-11-21-38-37(44)49-35-24-30-14-8-7-12-28(30)19-20-29-13-9-10-17-34(29)35/h7-10,12-14,17,31,33,35,40,42H,1-6,11,15-16,18,21-27H2,(H,38,44)(H,45,46)/t31-,33+,35?/m0/s1. The van der Waals surface area contributed by atoms with Crippen molar-refractivity contribution in [3.05, 3.63) is 70.8 Å². The normalized spacial score (nSPS) is 19.2. The van der Waals surface area contributed by atoms with E-state index in [0.29, 0.717) is 32.2 Å². The van der Waals surface area contributed by atoms with Crippen molar-refractivity contribution in [3.8, 4) is 11.8 Å². The molecule has 12 nitrogen and oxygen atoms in total. The predicted molar refractivity (Wildman–Crippen MR) is 186 cm³/mol. The zero-order chi connectivity index (χ0) is 35.8. The van der Waals surface area contributed by atoms with Gasteiger partial charge in [0.2, 0.25) is 5.91 Å². The number of fused-ring (bicyclic) bond motifs is 2. The minimum atomic E-state index is -4.35. The Morgan fingerprint density at radius 2 is 1.54 bits per heavy atom. The number of hydrogen-bond acceptors (Lipinski definition) is 9. The molecule has 0 bridgehead atoms.